The molecule has 2 N–H and O–H groups in total. The summed E-state index contributed by atoms with van der Waals surface area (Å²) in [5.74, 6) is -2.78. The normalized spacial score (nSPS) is 7.12. The van der Waals surface area contributed by atoms with Crippen LogP contribution in [0.3, 0.4) is 0 Å². The predicted molar refractivity (Wildman–Crippen MR) is 25.5 cm³/mol. The van der Waals surface area contributed by atoms with E-state index in [4.69, 9.17) is 10.2 Å². The van der Waals surface area contributed by atoms with Gasteiger partial charge in [-0.3, -0.25) is 4.79 Å². The molecule has 0 aliphatic heterocycles. The summed E-state index contributed by atoms with van der Waals surface area (Å²) in [5, 5.41) is 15.4. The number of carbonyl (C=O) groups is 2. The average molecular weight is 127 g/mol. The number of carbonyl (C=O) groups excluding carboxylic acids is 1. The molecule has 0 bridgehead atoms. The van der Waals surface area contributed by atoms with Crippen LogP contribution < -0.4 is 0 Å². The van der Waals surface area contributed by atoms with E-state index in [2.05, 4.69) is 0 Å². The Labute approximate surface area is 67.8 Å². The van der Waals surface area contributed by atoms with E-state index in [-0.39, 0.29) is 29.6 Å². The van der Waals surface area contributed by atoms with E-state index in [0.717, 1.165) is 0 Å². The number of ketones is 1. The molecule has 0 saturated heterocycles. The summed E-state index contributed by atoms with van der Waals surface area (Å²) in [6, 6.07) is 0. The van der Waals surface area contributed by atoms with Crippen molar-refractivity contribution >= 4 is 41.3 Å². The molecule has 5 heteroatoms. The number of Topliss-reactive ketones (excluding diaryl/α,β-unsaturated/α-hetero) is 1. The van der Waals surface area contributed by atoms with Gasteiger partial charge in [0, 0.05) is 29.6 Å². The number of aliphatic hydroxyl groups is 1. The molecule has 4 nitrogen and oxygen atoms in total. The smallest absolute Gasteiger partial charge is 0.374 e. The van der Waals surface area contributed by atoms with Gasteiger partial charge in [-0.1, -0.05) is 0 Å². The van der Waals surface area contributed by atoms with E-state index >= 15 is 0 Å². The van der Waals surface area contributed by atoms with Crippen molar-refractivity contribution < 1.29 is 19.8 Å². The van der Waals surface area contributed by atoms with E-state index in [1.807, 2.05) is 0 Å². The molecule has 8 heavy (non-hydrogen) atoms. The minimum absolute atomic E-state index is 0. The molecule has 0 unspecified atom stereocenters. The van der Waals surface area contributed by atoms with Crippen molar-refractivity contribution in [2.24, 2.45) is 0 Å². The molecule has 0 aliphatic carbocycles. The predicted octanol–water partition coefficient (Wildman–Crippen LogP) is -1.75. The van der Waals surface area contributed by atoms with Crippen LogP contribution in [0.4, 0.5) is 0 Å². The summed E-state index contributed by atoms with van der Waals surface area (Å²) < 4.78 is 0. The van der Waals surface area contributed by atoms with Gasteiger partial charge in [0.1, 0.15) is 6.61 Å². The van der Waals surface area contributed by atoms with Crippen LogP contribution in [-0.2, 0) is 9.59 Å². The summed E-state index contributed by atoms with van der Waals surface area (Å²) in [6.45, 7) is -0.921. The standard InChI is InChI=1S/C3H4O4.Na/c4-1-2(5)3(6)7;/h4H,1H2,(H,6,7);. The van der Waals surface area contributed by atoms with Crippen molar-refractivity contribution in [2.45, 2.75) is 0 Å². The number of hydrogen-bond donors (Lipinski definition) is 2. The molecule has 0 aromatic rings. The fraction of sp³-hybridized carbons (Fsp3) is 0.333. The molecule has 0 rings (SSSR count). The van der Waals surface area contributed by atoms with E-state index < -0.39 is 18.4 Å². The Bertz CT molecular complexity index is 99.5. The van der Waals surface area contributed by atoms with Crippen LogP contribution in [0.25, 0.3) is 0 Å². The van der Waals surface area contributed by atoms with Crippen LogP contribution in [0.15, 0.2) is 0 Å². The number of aliphatic hydroxyl groups excluding tert-OH is 1. The van der Waals surface area contributed by atoms with Gasteiger partial charge in [-0.2, -0.15) is 0 Å². The molecule has 1 radical (unpaired) electrons. The third kappa shape index (κ3) is 4.26. The van der Waals surface area contributed by atoms with E-state index in [1.54, 1.807) is 0 Å². The van der Waals surface area contributed by atoms with Gasteiger partial charge in [0.25, 0.3) is 5.78 Å². The maximum atomic E-state index is 9.66. The fourth-order valence-electron chi connectivity index (χ4n) is 0.0676. The molecule has 41 valence electrons. The molecule has 0 aliphatic rings. The summed E-state index contributed by atoms with van der Waals surface area (Å²) >= 11 is 0. The number of carboxylic acid groups (broad SMARTS) is 1. The van der Waals surface area contributed by atoms with E-state index in [9.17, 15) is 9.59 Å². The second-order valence-corrected chi connectivity index (χ2v) is 0.886. The van der Waals surface area contributed by atoms with E-state index in [1.165, 1.54) is 0 Å². The molecule has 0 aromatic heterocycles. The van der Waals surface area contributed by atoms with Crippen molar-refractivity contribution in [3.63, 3.8) is 0 Å². The van der Waals surface area contributed by atoms with Crippen LogP contribution in [-0.4, -0.2) is 58.1 Å². The van der Waals surface area contributed by atoms with E-state index in [0.29, 0.717) is 0 Å². The summed E-state index contributed by atoms with van der Waals surface area (Å²) in [5.41, 5.74) is 0. The molecule has 0 amide bonds. The number of rotatable bonds is 2. The molecular formula is C3H4NaO4. The van der Waals surface area contributed by atoms with Gasteiger partial charge in [-0.25, -0.2) is 4.79 Å². The van der Waals surface area contributed by atoms with Crippen LogP contribution in [0.1, 0.15) is 0 Å². The van der Waals surface area contributed by atoms with Crippen molar-refractivity contribution in [2.75, 3.05) is 6.61 Å². The number of carboxylic acids is 1. The summed E-state index contributed by atoms with van der Waals surface area (Å²) in [4.78, 5) is 19.1. The molecule has 0 saturated carbocycles. The van der Waals surface area contributed by atoms with Crippen LogP contribution in [0.2, 0.25) is 0 Å². The van der Waals surface area contributed by atoms with Gasteiger partial charge >= 0.3 is 5.97 Å². The van der Waals surface area contributed by atoms with Gasteiger partial charge in [0.05, 0.1) is 0 Å². The molecule has 0 aromatic carbocycles. The Hall–Kier alpha value is 0.1000. The molecule has 0 spiro atoms. The Balaban J connectivity index is 0. The summed E-state index contributed by atoms with van der Waals surface area (Å²) in [7, 11) is 0. The van der Waals surface area contributed by atoms with Gasteiger partial charge in [-0.15, -0.1) is 0 Å². The SMILES string of the molecule is O=C(O)C(=O)CO.[Na]. The molecule has 0 atom stereocenters. The number of aliphatic carboxylic acids is 1. The Morgan fingerprint density at radius 2 is 1.75 bits per heavy atom. The topological polar surface area (TPSA) is 74.6 Å². The maximum absolute atomic E-state index is 9.66. The van der Waals surface area contributed by atoms with Gasteiger partial charge in [-0.05, 0) is 0 Å². The minimum atomic E-state index is -1.59. The van der Waals surface area contributed by atoms with Crippen LogP contribution in [0, 0.1) is 0 Å². The zero-order valence-electron chi connectivity index (χ0n) is 4.42. The average Bonchev–Trinajstić information content (AvgIpc) is 1.65. The fourth-order valence-corrected chi connectivity index (χ4v) is 0.0676. The first kappa shape index (κ1) is 11.0. The zero-order chi connectivity index (χ0) is 5.86. The van der Waals surface area contributed by atoms with Crippen molar-refractivity contribution in [1.29, 1.82) is 0 Å². The second kappa shape index (κ2) is 5.24. The van der Waals surface area contributed by atoms with Crippen molar-refractivity contribution in [1.82, 2.24) is 0 Å². The van der Waals surface area contributed by atoms with Gasteiger partial charge < -0.3 is 10.2 Å². The first-order valence-corrected chi connectivity index (χ1v) is 1.55. The summed E-state index contributed by atoms with van der Waals surface area (Å²) in [6.07, 6.45) is 0. The number of hydrogen-bond acceptors (Lipinski definition) is 3. The Kier molecular flexibility index (Phi) is 7.19. The Morgan fingerprint density at radius 1 is 1.38 bits per heavy atom. The van der Waals surface area contributed by atoms with Crippen LogP contribution in [0.5, 0.6) is 0 Å². The molecule has 0 heterocycles. The van der Waals surface area contributed by atoms with Gasteiger partial charge in [0.15, 0.2) is 0 Å². The third-order valence-corrected chi connectivity index (χ3v) is 0.382. The first-order valence-electron chi connectivity index (χ1n) is 1.55. The van der Waals surface area contributed by atoms with Crippen molar-refractivity contribution in [3.05, 3.63) is 0 Å². The third-order valence-electron chi connectivity index (χ3n) is 0.382. The molecular weight excluding hydrogens is 123 g/mol. The first-order chi connectivity index (χ1) is 3.18. The molecule has 0 fully saturated rings. The largest absolute Gasteiger partial charge is 0.475 e. The quantitative estimate of drug-likeness (QED) is 0.341. The van der Waals surface area contributed by atoms with Crippen LogP contribution >= 0.6 is 0 Å². The maximum Gasteiger partial charge on any atom is 0.374 e. The van der Waals surface area contributed by atoms with Gasteiger partial charge in [0.2, 0.25) is 0 Å². The Morgan fingerprint density at radius 3 is 1.75 bits per heavy atom. The zero-order valence-corrected chi connectivity index (χ0v) is 6.42. The minimum Gasteiger partial charge on any atom is -0.475 e. The monoisotopic (exact) mass is 127 g/mol. The second-order valence-electron chi connectivity index (χ2n) is 0.886. The van der Waals surface area contributed by atoms with Crippen molar-refractivity contribution in [3.8, 4) is 0 Å².